The Morgan fingerprint density at radius 2 is 2.12 bits per heavy atom. The number of rotatable bonds is 3. The molecular weight excluding hydrogens is 328 g/mol. The number of hydrogen-bond acceptors (Lipinski definition) is 6. The SMILES string of the molecule is c1c[nH]c(-c2cc(N3CCOCC3)nc3c(C4CCNN4)nccc23)c1. The fraction of sp³-hybridized carbons (Fsp3) is 0.368. The number of nitrogens with zero attached hydrogens (tertiary/aromatic N) is 3. The zero-order valence-corrected chi connectivity index (χ0v) is 14.5. The van der Waals surface area contributed by atoms with Gasteiger partial charge in [-0.05, 0) is 30.7 Å². The average molecular weight is 350 g/mol. The normalized spacial score (nSPS) is 20.8. The van der Waals surface area contributed by atoms with E-state index in [-0.39, 0.29) is 6.04 Å². The molecule has 2 saturated heterocycles. The second kappa shape index (κ2) is 6.68. The Labute approximate surface area is 151 Å². The Balaban J connectivity index is 1.71. The molecule has 5 rings (SSSR count). The number of hydrazine groups is 1. The number of H-pyrrole nitrogens is 1. The Morgan fingerprint density at radius 3 is 2.88 bits per heavy atom. The minimum absolute atomic E-state index is 0.183. The van der Waals surface area contributed by atoms with Gasteiger partial charge in [0.15, 0.2) is 0 Å². The molecule has 134 valence electrons. The predicted molar refractivity (Wildman–Crippen MR) is 101 cm³/mol. The molecule has 0 aromatic carbocycles. The van der Waals surface area contributed by atoms with Gasteiger partial charge in [0.05, 0.1) is 30.5 Å². The Hall–Kier alpha value is -2.48. The van der Waals surface area contributed by atoms with Crippen LogP contribution in [0.5, 0.6) is 0 Å². The number of pyridine rings is 2. The number of hydrogen-bond donors (Lipinski definition) is 3. The van der Waals surface area contributed by atoms with Gasteiger partial charge < -0.3 is 14.6 Å². The van der Waals surface area contributed by atoms with Crippen molar-refractivity contribution >= 4 is 16.7 Å². The minimum atomic E-state index is 0.183. The number of aromatic amines is 1. The van der Waals surface area contributed by atoms with Crippen LogP contribution in [0.25, 0.3) is 22.2 Å². The Bertz CT molecular complexity index is 898. The van der Waals surface area contributed by atoms with Crippen molar-refractivity contribution in [3.8, 4) is 11.3 Å². The van der Waals surface area contributed by atoms with Crippen LogP contribution in [0.1, 0.15) is 18.2 Å². The molecule has 3 aromatic heterocycles. The van der Waals surface area contributed by atoms with Crippen LogP contribution in [0, 0.1) is 0 Å². The van der Waals surface area contributed by atoms with E-state index >= 15 is 0 Å². The maximum atomic E-state index is 5.51. The van der Waals surface area contributed by atoms with Crippen molar-refractivity contribution in [3.05, 3.63) is 42.4 Å². The first-order valence-corrected chi connectivity index (χ1v) is 9.14. The van der Waals surface area contributed by atoms with Crippen molar-refractivity contribution in [3.63, 3.8) is 0 Å². The van der Waals surface area contributed by atoms with Crippen LogP contribution in [0.4, 0.5) is 5.82 Å². The van der Waals surface area contributed by atoms with Gasteiger partial charge in [0.25, 0.3) is 0 Å². The molecule has 5 heterocycles. The number of anilines is 1. The number of fused-ring (bicyclic) bond motifs is 1. The molecule has 26 heavy (non-hydrogen) atoms. The van der Waals surface area contributed by atoms with Gasteiger partial charge in [0, 0.05) is 48.7 Å². The number of nitrogens with one attached hydrogen (secondary N) is 3. The zero-order valence-electron chi connectivity index (χ0n) is 14.5. The largest absolute Gasteiger partial charge is 0.378 e. The number of morpholine rings is 1. The summed E-state index contributed by atoms with van der Waals surface area (Å²) in [7, 11) is 0. The lowest BCUT2D eigenvalue weighted by molar-refractivity contribution is 0.122. The van der Waals surface area contributed by atoms with E-state index in [1.807, 2.05) is 18.5 Å². The standard InChI is InChI=1S/C19H22N6O/c1-2-15(20-5-1)14-12-17(25-8-10-26-11-9-25)23-18-13(14)3-6-21-19(18)16-4-7-22-24-16/h1-3,5-6,12,16,20,22,24H,4,7-11H2. The predicted octanol–water partition coefficient (Wildman–Crippen LogP) is 2.00. The molecule has 0 bridgehead atoms. The van der Waals surface area contributed by atoms with E-state index in [4.69, 9.17) is 9.72 Å². The third-order valence-electron chi connectivity index (χ3n) is 5.13. The summed E-state index contributed by atoms with van der Waals surface area (Å²) >= 11 is 0. The van der Waals surface area contributed by atoms with Gasteiger partial charge in [-0.2, -0.15) is 0 Å². The topological polar surface area (TPSA) is 78.1 Å². The van der Waals surface area contributed by atoms with E-state index in [0.29, 0.717) is 0 Å². The first-order valence-electron chi connectivity index (χ1n) is 9.14. The van der Waals surface area contributed by atoms with Gasteiger partial charge in [-0.15, -0.1) is 0 Å². The molecule has 1 atom stereocenters. The van der Waals surface area contributed by atoms with Crippen molar-refractivity contribution in [1.29, 1.82) is 0 Å². The first kappa shape index (κ1) is 15.7. The zero-order chi connectivity index (χ0) is 17.3. The van der Waals surface area contributed by atoms with Gasteiger partial charge in [0.1, 0.15) is 5.82 Å². The van der Waals surface area contributed by atoms with Crippen molar-refractivity contribution in [2.75, 3.05) is 37.7 Å². The third kappa shape index (κ3) is 2.74. The van der Waals surface area contributed by atoms with Gasteiger partial charge >= 0.3 is 0 Å². The van der Waals surface area contributed by atoms with Crippen molar-refractivity contribution in [1.82, 2.24) is 25.8 Å². The molecule has 0 aliphatic carbocycles. The maximum absolute atomic E-state index is 5.51. The van der Waals surface area contributed by atoms with Gasteiger partial charge in [-0.25, -0.2) is 10.4 Å². The third-order valence-corrected chi connectivity index (χ3v) is 5.13. The summed E-state index contributed by atoms with van der Waals surface area (Å²) < 4.78 is 5.51. The van der Waals surface area contributed by atoms with E-state index in [2.05, 4.69) is 43.9 Å². The summed E-state index contributed by atoms with van der Waals surface area (Å²) in [6.07, 6.45) is 4.86. The smallest absolute Gasteiger partial charge is 0.130 e. The van der Waals surface area contributed by atoms with Crippen molar-refractivity contribution in [2.24, 2.45) is 0 Å². The van der Waals surface area contributed by atoms with Crippen LogP contribution in [-0.4, -0.2) is 47.8 Å². The van der Waals surface area contributed by atoms with Crippen LogP contribution in [0.15, 0.2) is 36.7 Å². The summed E-state index contributed by atoms with van der Waals surface area (Å²) in [5, 5.41) is 1.13. The number of aromatic nitrogens is 3. The van der Waals surface area contributed by atoms with Crippen LogP contribution in [0.3, 0.4) is 0 Å². The van der Waals surface area contributed by atoms with Gasteiger partial charge in [-0.3, -0.25) is 10.4 Å². The minimum Gasteiger partial charge on any atom is -0.378 e. The molecule has 0 amide bonds. The van der Waals surface area contributed by atoms with E-state index in [1.54, 1.807) is 0 Å². The Morgan fingerprint density at radius 1 is 1.19 bits per heavy atom. The molecule has 2 aliphatic heterocycles. The van der Waals surface area contributed by atoms with Gasteiger partial charge in [-0.1, -0.05) is 0 Å². The highest BCUT2D eigenvalue weighted by Crippen LogP contribution is 2.34. The van der Waals surface area contributed by atoms with Gasteiger partial charge in [0.2, 0.25) is 0 Å². The van der Waals surface area contributed by atoms with Crippen LogP contribution in [0.2, 0.25) is 0 Å². The van der Waals surface area contributed by atoms with Crippen LogP contribution in [-0.2, 0) is 4.74 Å². The second-order valence-corrected chi connectivity index (χ2v) is 6.72. The van der Waals surface area contributed by atoms with Crippen molar-refractivity contribution < 1.29 is 4.74 Å². The lowest BCUT2D eigenvalue weighted by Crippen LogP contribution is -2.36. The summed E-state index contributed by atoms with van der Waals surface area (Å²) in [5.41, 5.74) is 10.8. The van der Waals surface area contributed by atoms with E-state index in [9.17, 15) is 0 Å². The fourth-order valence-electron chi connectivity index (χ4n) is 3.78. The molecule has 0 spiro atoms. The second-order valence-electron chi connectivity index (χ2n) is 6.72. The molecular formula is C19H22N6O. The monoisotopic (exact) mass is 350 g/mol. The highest BCUT2D eigenvalue weighted by Gasteiger charge is 2.23. The molecule has 7 nitrogen and oxygen atoms in total. The number of ether oxygens (including phenoxy) is 1. The van der Waals surface area contributed by atoms with E-state index in [0.717, 1.165) is 72.9 Å². The molecule has 2 fully saturated rings. The van der Waals surface area contributed by atoms with Crippen molar-refractivity contribution in [2.45, 2.75) is 12.5 Å². The summed E-state index contributed by atoms with van der Waals surface area (Å²) in [6, 6.07) is 8.56. The van der Waals surface area contributed by atoms with Crippen LogP contribution < -0.4 is 15.8 Å². The maximum Gasteiger partial charge on any atom is 0.130 e. The summed E-state index contributed by atoms with van der Waals surface area (Å²) in [6.45, 7) is 4.15. The quantitative estimate of drug-likeness (QED) is 0.671. The highest BCUT2D eigenvalue weighted by atomic mass is 16.5. The molecule has 1 unspecified atom stereocenters. The molecule has 3 aromatic rings. The highest BCUT2D eigenvalue weighted by molar-refractivity contribution is 5.96. The van der Waals surface area contributed by atoms with E-state index in [1.165, 1.54) is 0 Å². The molecule has 3 N–H and O–H groups in total. The molecule has 0 saturated carbocycles. The van der Waals surface area contributed by atoms with E-state index < -0.39 is 0 Å². The summed E-state index contributed by atoms with van der Waals surface area (Å²) in [5.74, 6) is 0.991. The molecule has 0 radical (unpaired) electrons. The molecule has 7 heteroatoms. The summed E-state index contributed by atoms with van der Waals surface area (Å²) in [4.78, 5) is 15.4. The Kier molecular flexibility index (Phi) is 4.05. The molecule has 2 aliphatic rings. The average Bonchev–Trinajstić information content (AvgIpc) is 3.41. The first-order chi connectivity index (χ1) is 12.9. The van der Waals surface area contributed by atoms with Crippen LogP contribution >= 0.6 is 0 Å². The fourth-order valence-corrected chi connectivity index (χ4v) is 3.78. The lowest BCUT2D eigenvalue weighted by Gasteiger charge is -2.28. The lowest BCUT2D eigenvalue weighted by atomic mass is 10.0.